The third-order valence-corrected chi connectivity index (χ3v) is 8.56. The molecule has 0 spiro atoms. The third-order valence-electron chi connectivity index (χ3n) is 8.56. The van der Waals surface area contributed by atoms with Gasteiger partial charge in [-0.15, -0.1) is 0 Å². The van der Waals surface area contributed by atoms with Crippen LogP contribution < -0.4 is 32.7 Å². The van der Waals surface area contributed by atoms with E-state index in [2.05, 4.69) is 26.2 Å². The summed E-state index contributed by atoms with van der Waals surface area (Å²) in [5.41, 5.74) is 13.3. The molecule has 0 saturated carbocycles. The van der Waals surface area contributed by atoms with E-state index in [1.165, 1.54) is 0 Å². The van der Waals surface area contributed by atoms with Gasteiger partial charge in [0.05, 0.1) is 30.1 Å². The maximum atomic E-state index is 15.4. The van der Waals surface area contributed by atoms with Gasteiger partial charge in [-0.2, -0.15) is 0 Å². The van der Waals surface area contributed by atoms with Crippen molar-refractivity contribution in [3.63, 3.8) is 0 Å². The van der Waals surface area contributed by atoms with Crippen molar-refractivity contribution in [3.8, 4) is 0 Å². The molecule has 3 heterocycles. The molecule has 0 aromatic heterocycles. The largest absolute Gasteiger partial charge is 0.350 e. The van der Waals surface area contributed by atoms with Crippen LogP contribution in [0.2, 0.25) is 0 Å². The van der Waals surface area contributed by atoms with Crippen LogP contribution >= 0.6 is 0 Å². The molecule has 0 aliphatic carbocycles. The number of hydrogen-bond donors (Lipinski definition) is 6. The number of amides is 2. The number of nitrogens with one attached hydrogen (secondary N) is 4. The van der Waals surface area contributed by atoms with Crippen LogP contribution in [0.15, 0.2) is 11.6 Å². The molecule has 2 amide bonds. The van der Waals surface area contributed by atoms with Crippen molar-refractivity contribution < 1.29 is 18.4 Å². The summed E-state index contributed by atoms with van der Waals surface area (Å²) >= 11 is 0. The van der Waals surface area contributed by atoms with Crippen molar-refractivity contribution in [1.82, 2.24) is 31.1 Å². The lowest BCUT2D eigenvalue weighted by molar-refractivity contribution is -0.139. The van der Waals surface area contributed by atoms with Crippen LogP contribution in [0.3, 0.4) is 0 Å². The Kier molecular flexibility index (Phi) is 13.2. The molecule has 0 bridgehead atoms. The van der Waals surface area contributed by atoms with E-state index in [1.807, 2.05) is 31.7 Å². The third kappa shape index (κ3) is 8.90. The Hall–Kier alpha value is -1.70. The minimum Gasteiger partial charge on any atom is -0.350 e. The summed E-state index contributed by atoms with van der Waals surface area (Å²) in [7, 11) is 0. The molecule has 10 nitrogen and oxygen atoms in total. The molecular weight excluding hydrogens is 518 g/mol. The highest BCUT2D eigenvalue weighted by atomic mass is 19.1. The number of halogens is 2. The standard InChI is InChI=1S/C28H52F2N8O2/c1-4-6-7-20(29)15-35-22(12-18(3)5-2)24(26(31)32)27(39)36-23-17-34-16-21(30)25(23)37-8-10-38(11-9-37)28(40)19-13-33-14-19/h12,19-26,33-35H,4-11,13-17,31-32H2,1-3H3,(H,36,39)/b18-12-. The number of piperidine rings is 1. The fraction of sp³-hybridized carbons (Fsp3) is 0.857. The zero-order chi connectivity index (χ0) is 29.2. The minimum absolute atomic E-state index is 0.0371. The van der Waals surface area contributed by atoms with Crippen molar-refractivity contribution in [3.05, 3.63) is 11.6 Å². The molecule has 3 rings (SSSR count). The number of alkyl halides is 2. The van der Waals surface area contributed by atoms with Crippen LogP contribution in [0.1, 0.15) is 46.5 Å². The molecule has 6 unspecified atom stereocenters. The summed E-state index contributed by atoms with van der Waals surface area (Å²) in [6.45, 7) is 10.3. The Balaban J connectivity index is 1.68. The number of nitrogens with two attached hydrogens (primary N) is 2. The van der Waals surface area contributed by atoms with Gasteiger partial charge in [0.15, 0.2) is 0 Å². The van der Waals surface area contributed by atoms with Gasteiger partial charge in [0, 0.05) is 64.9 Å². The molecule has 6 atom stereocenters. The van der Waals surface area contributed by atoms with Gasteiger partial charge in [0.1, 0.15) is 12.3 Å². The zero-order valence-electron chi connectivity index (χ0n) is 24.5. The quantitative estimate of drug-likeness (QED) is 0.125. The molecule has 40 heavy (non-hydrogen) atoms. The number of hydrogen-bond acceptors (Lipinski definition) is 8. The number of allylic oxidation sites excluding steroid dienone is 1. The number of carbonyl (C=O) groups is 2. The number of rotatable bonds is 14. The van der Waals surface area contributed by atoms with Crippen molar-refractivity contribution >= 4 is 11.8 Å². The molecule has 3 aliphatic rings. The molecule has 0 radical (unpaired) electrons. The molecule has 8 N–H and O–H groups in total. The van der Waals surface area contributed by atoms with Crippen LogP contribution in [-0.2, 0) is 9.59 Å². The molecule has 0 aromatic carbocycles. The van der Waals surface area contributed by atoms with Crippen LogP contribution in [0, 0.1) is 11.8 Å². The second-order valence-corrected chi connectivity index (χ2v) is 11.6. The molecule has 0 aromatic rings. The van der Waals surface area contributed by atoms with E-state index in [9.17, 15) is 14.0 Å². The predicted octanol–water partition coefficient (Wildman–Crippen LogP) is -0.153. The van der Waals surface area contributed by atoms with E-state index in [-0.39, 0.29) is 30.8 Å². The summed E-state index contributed by atoms with van der Waals surface area (Å²) in [5, 5.41) is 12.5. The number of carbonyl (C=O) groups excluding carboxylic acids is 2. The van der Waals surface area contributed by atoms with Crippen molar-refractivity contribution in [1.29, 1.82) is 0 Å². The van der Waals surface area contributed by atoms with Gasteiger partial charge in [0.2, 0.25) is 11.8 Å². The van der Waals surface area contributed by atoms with Gasteiger partial charge in [-0.3, -0.25) is 14.5 Å². The maximum Gasteiger partial charge on any atom is 0.228 e. The highest BCUT2D eigenvalue weighted by molar-refractivity contribution is 5.81. The van der Waals surface area contributed by atoms with E-state index in [0.29, 0.717) is 52.2 Å². The molecule has 3 fully saturated rings. The summed E-state index contributed by atoms with van der Waals surface area (Å²) in [6.07, 6.45) is 1.59. The Morgan fingerprint density at radius 1 is 1.07 bits per heavy atom. The summed E-state index contributed by atoms with van der Waals surface area (Å²) in [5.74, 6) is -1.06. The van der Waals surface area contributed by atoms with Gasteiger partial charge < -0.3 is 37.6 Å². The molecule has 230 valence electrons. The highest BCUT2D eigenvalue weighted by Gasteiger charge is 2.42. The van der Waals surface area contributed by atoms with Crippen LogP contribution in [0.4, 0.5) is 8.78 Å². The van der Waals surface area contributed by atoms with E-state index in [4.69, 9.17) is 11.5 Å². The Bertz CT molecular complexity index is 835. The van der Waals surface area contributed by atoms with E-state index >= 15 is 4.39 Å². The second kappa shape index (κ2) is 16.1. The number of piperazine rings is 1. The van der Waals surface area contributed by atoms with Crippen LogP contribution in [-0.4, -0.2) is 117 Å². The van der Waals surface area contributed by atoms with Gasteiger partial charge in [-0.25, -0.2) is 8.78 Å². The fourth-order valence-electron chi connectivity index (χ4n) is 5.81. The van der Waals surface area contributed by atoms with Crippen molar-refractivity contribution in [2.45, 2.75) is 83.1 Å². The minimum atomic E-state index is -1.19. The average Bonchev–Trinajstić information content (AvgIpc) is 2.89. The first-order chi connectivity index (χ1) is 19.2. The van der Waals surface area contributed by atoms with Crippen LogP contribution in [0.5, 0.6) is 0 Å². The van der Waals surface area contributed by atoms with Gasteiger partial charge in [0.25, 0.3) is 0 Å². The predicted molar refractivity (Wildman–Crippen MR) is 154 cm³/mol. The zero-order valence-corrected chi connectivity index (χ0v) is 24.5. The van der Waals surface area contributed by atoms with Crippen molar-refractivity contribution in [2.75, 3.05) is 58.9 Å². The second-order valence-electron chi connectivity index (χ2n) is 11.6. The topological polar surface area (TPSA) is 141 Å². The SMILES string of the molecule is CCCCC(F)CNC(/C=C(/C)CC)C(C(=O)NC1CNCC(F)C1N1CCN(C(=O)C2CNC2)CC1)C(N)N. The average molecular weight is 571 g/mol. The van der Waals surface area contributed by atoms with E-state index in [1.54, 1.807) is 0 Å². The fourth-order valence-corrected chi connectivity index (χ4v) is 5.81. The van der Waals surface area contributed by atoms with Gasteiger partial charge >= 0.3 is 0 Å². The number of unbranched alkanes of at least 4 members (excludes halogenated alkanes) is 1. The highest BCUT2D eigenvalue weighted by Crippen LogP contribution is 2.21. The summed E-state index contributed by atoms with van der Waals surface area (Å²) < 4.78 is 29.9. The smallest absolute Gasteiger partial charge is 0.228 e. The van der Waals surface area contributed by atoms with E-state index < -0.39 is 42.6 Å². The Morgan fingerprint density at radius 2 is 1.75 bits per heavy atom. The Labute approximate surface area is 238 Å². The maximum absolute atomic E-state index is 15.4. The Morgan fingerprint density at radius 3 is 2.33 bits per heavy atom. The first-order valence-electron chi connectivity index (χ1n) is 15.1. The van der Waals surface area contributed by atoms with Gasteiger partial charge in [-0.1, -0.05) is 38.3 Å². The normalized spacial score (nSPS) is 27.2. The lowest BCUT2D eigenvalue weighted by Crippen LogP contribution is -2.69. The lowest BCUT2D eigenvalue weighted by atomic mass is 9.91. The number of nitrogens with zero attached hydrogens (tertiary/aromatic N) is 2. The van der Waals surface area contributed by atoms with E-state index in [0.717, 1.165) is 24.8 Å². The summed E-state index contributed by atoms with van der Waals surface area (Å²) in [4.78, 5) is 30.3. The first-order valence-corrected chi connectivity index (χ1v) is 15.1. The van der Waals surface area contributed by atoms with Gasteiger partial charge in [-0.05, 0) is 19.8 Å². The molecular formula is C28H52F2N8O2. The van der Waals surface area contributed by atoms with Crippen molar-refractivity contribution in [2.24, 2.45) is 23.3 Å². The monoisotopic (exact) mass is 570 g/mol. The van der Waals surface area contributed by atoms with Crippen LogP contribution in [0.25, 0.3) is 0 Å². The lowest BCUT2D eigenvalue weighted by Gasteiger charge is -2.46. The first kappa shape index (κ1) is 32.8. The molecule has 12 heteroatoms. The molecule has 3 aliphatic heterocycles. The summed E-state index contributed by atoms with van der Waals surface area (Å²) in [6, 6.07) is -1.61. The molecule has 3 saturated heterocycles.